The van der Waals surface area contributed by atoms with Crippen molar-refractivity contribution in [2.75, 3.05) is 5.32 Å². The van der Waals surface area contributed by atoms with Crippen LogP contribution in [0.4, 0.5) is 15.8 Å². The molecule has 0 heterocycles. The van der Waals surface area contributed by atoms with E-state index in [2.05, 4.69) is 16.0 Å². The number of anilines is 1. The number of carbonyl (C=O) groups is 1. The number of nitro benzene ring substituents is 1. The van der Waals surface area contributed by atoms with Gasteiger partial charge in [0.15, 0.2) is 5.11 Å². The highest BCUT2D eigenvalue weighted by Crippen LogP contribution is 2.29. The Labute approximate surface area is 179 Å². The third kappa shape index (κ3) is 6.45. The zero-order valence-corrected chi connectivity index (χ0v) is 16.9. The summed E-state index contributed by atoms with van der Waals surface area (Å²) in [5, 5.41) is 18.5. The minimum absolute atomic E-state index is 0.0590. The molecular weight excluding hydrogens is 454 g/mol. The lowest BCUT2D eigenvalue weighted by atomic mass is 10.2. The predicted octanol–water partition coefficient (Wildman–Crippen LogP) is 4.15. The van der Waals surface area contributed by atoms with Crippen LogP contribution in [0.25, 0.3) is 0 Å². The fourth-order valence-electron chi connectivity index (χ4n) is 2.01. The number of alkyl halides is 3. The topological polar surface area (TPSA) is 96.3 Å². The van der Waals surface area contributed by atoms with Gasteiger partial charge in [-0.2, -0.15) is 0 Å². The van der Waals surface area contributed by atoms with E-state index in [-0.39, 0.29) is 16.4 Å². The standard InChI is InChI=1S/C16H12Cl3FN4O3S/c17-16(18,19)14(22-13(25)9-4-6-10(20)7-5-9)23-15(28)21-11-2-1-3-12(8-11)24(26)27/h1-8,14H,(H,22,25)(H2,21,23,28). The van der Waals surface area contributed by atoms with E-state index in [1.807, 2.05) is 0 Å². The predicted molar refractivity (Wildman–Crippen MR) is 110 cm³/mol. The van der Waals surface area contributed by atoms with Crippen molar-refractivity contribution >= 4 is 69.4 Å². The maximum absolute atomic E-state index is 13.0. The summed E-state index contributed by atoms with van der Waals surface area (Å²) in [6.07, 6.45) is -1.26. The lowest BCUT2D eigenvalue weighted by molar-refractivity contribution is -0.384. The summed E-state index contributed by atoms with van der Waals surface area (Å²) >= 11 is 22.8. The van der Waals surface area contributed by atoms with E-state index in [9.17, 15) is 19.3 Å². The number of rotatable bonds is 5. The molecule has 0 saturated carbocycles. The Kier molecular flexibility index (Phi) is 7.36. The van der Waals surface area contributed by atoms with Crippen LogP contribution in [-0.2, 0) is 0 Å². The number of amides is 1. The van der Waals surface area contributed by atoms with Gasteiger partial charge in [0, 0.05) is 23.4 Å². The number of nitro groups is 1. The van der Waals surface area contributed by atoms with Crippen molar-refractivity contribution in [2.24, 2.45) is 0 Å². The number of hydrogen-bond donors (Lipinski definition) is 3. The van der Waals surface area contributed by atoms with Gasteiger partial charge in [-0.3, -0.25) is 14.9 Å². The molecule has 2 aromatic carbocycles. The van der Waals surface area contributed by atoms with Gasteiger partial charge in [-0.15, -0.1) is 0 Å². The minimum Gasteiger partial charge on any atom is -0.339 e. The van der Waals surface area contributed by atoms with Crippen molar-refractivity contribution in [3.05, 3.63) is 70.0 Å². The molecule has 1 amide bonds. The number of non-ortho nitro benzene ring substituents is 1. The molecule has 3 N–H and O–H groups in total. The van der Waals surface area contributed by atoms with Crippen LogP contribution in [0.5, 0.6) is 0 Å². The van der Waals surface area contributed by atoms with Gasteiger partial charge in [-0.1, -0.05) is 40.9 Å². The molecular formula is C16H12Cl3FN4O3S. The third-order valence-corrected chi connectivity index (χ3v) is 4.17. The Hall–Kier alpha value is -2.20. The second-order valence-corrected chi connectivity index (χ2v) is 8.14. The van der Waals surface area contributed by atoms with Crippen LogP contribution in [0.2, 0.25) is 0 Å². The molecule has 0 bridgehead atoms. The van der Waals surface area contributed by atoms with Crippen molar-refractivity contribution in [2.45, 2.75) is 9.96 Å². The highest BCUT2D eigenvalue weighted by Gasteiger charge is 2.35. The summed E-state index contributed by atoms with van der Waals surface area (Å²) in [6, 6.07) is 10.3. The summed E-state index contributed by atoms with van der Waals surface area (Å²) < 4.78 is 11.0. The Morgan fingerprint density at radius 3 is 2.36 bits per heavy atom. The zero-order valence-electron chi connectivity index (χ0n) is 13.8. The monoisotopic (exact) mass is 464 g/mol. The quantitative estimate of drug-likeness (QED) is 0.202. The maximum Gasteiger partial charge on any atom is 0.271 e. The Morgan fingerprint density at radius 1 is 1.14 bits per heavy atom. The molecule has 12 heteroatoms. The van der Waals surface area contributed by atoms with Crippen LogP contribution in [0.1, 0.15) is 10.4 Å². The van der Waals surface area contributed by atoms with Gasteiger partial charge in [0.25, 0.3) is 11.6 Å². The van der Waals surface area contributed by atoms with Gasteiger partial charge in [-0.05, 0) is 42.5 Å². The van der Waals surface area contributed by atoms with E-state index >= 15 is 0 Å². The smallest absolute Gasteiger partial charge is 0.271 e. The van der Waals surface area contributed by atoms with Crippen molar-refractivity contribution in [3.8, 4) is 0 Å². The second kappa shape index (κ2) is 9.33. The summed E-state index contributed by atoms with van der Waals surface area (Å²) in [5.74, 6) is -1.14. The average Bonchev–Trinajstić information content (AvgIpc) is 2.61. The van der Waals surface area contributed by atoms with Gasteiger partial charge in [0.2, 0.25) is 3.79 Å². The molecule has 7 nitrogen and oxygen atoms in total. The Bertz CT molecular complexity index is 893. The van der Waals surface area contributed by atoms with Crippen LogP contribution in [0.15, 0.2) is 48.5 Å². The number of thiocarbonyl (C=S) groups is 1. The molecule has 0 aromatic heterocycles. The third-order valence-electron chi connectivity index (χ3n) is 3.30. The number of halogens is 4. The highest BCUT2D eigenvalue weighted by atomic mass is 35.6. The van der Waals surface area contributed by atoms with Crippen molar-refractivity contribution < 1.29 is 14.1 Å². The van der Waals surface area contributed by atoms with Gasteiger partial charge in [0.05, 0.1) is 4.92 Å². The Morgan fingerprint density at radius 2 is 1.79 bits per heavy atom. The second-order valence-electron chi connectivity index (χ2n) is 5.36. The average molecular weight is 466 g/mol. The van der Waals surface area contributed by atoms with Gasteiger partial charge < -0.3 is 16.0 Å². The normalized spacial score (nSPS) is 12.0. The molecule has 0 spiro atoms. The first-order valence-corrected chi connectivity index (χ1v) is 9.05. The molecule has 2 rings (SSSR count). The molecule has 1 atom stereocenters. The van der Waals surface area contributed by atoms with E-state index < -0.39 is 26.6 Å². The summed E-state index contributed by atoms with van der Waals surface area (Å²) in [7, 11) is 0. The van der Waals surface area contributed by atoms with Gasteiger partial charge in [0.1, 0.15) is 12.0 Å². The van der Waals surface area contributed by atoms with E-state index in [0.717, 1.165) is 12.1 Å². The molecule has 2 aromatic rings. The summed E-state index contributed by atoms with van der Waals surface area (Å²) in [4.78, 5) is 22.6. The molecule has 28 heavy (non-hydrogen) atoms. The van der Waals surface area contributed by atoms with E-state index in [1.54, 1.807) is 6.07 Å². The van der Waals surface area contributed by atoms with Crippen molar-refractivity contribution in [1.82, 2.24) is 10.6 Å². The fourth-order valence-corrected chi connectivity index (χ4v) is 2.57. The first-order chi connectivity index (χ1) is 13.1. The van der Waals surface area contributed by atoms with Gasteiger partial charge in [-0.25, -0.2) is 4.39 Å². The van der Waals surface area contributed by atoms with E-state index in [1.165, 1.54) is 30.3 Å². The van der Waals surface area contributed by atoms with Crippen LogP contribution in [0.3, 0.4) is 0 Å². The van der Waals surface area contributed by atoms with Crippen LogP contribution >= 0.6 is 47.0 Å². The van der Waals surface area contributed by atoms with E-state index in [4.69, 9.17) is 47.0 Å². The maximum atomic E-state index is 13.0. The molecule has 0 radical (unpaired) electrons. The van der Waals surface area contributed by atoms with Gasteiger partial charge >= 0.3 is 0 Å². The lowest BCUT2D eigenvalue weighted by Gasteiger charge is -2.27. The molecule has 0 saturated heterocycles. The largest absolute Gasteiger partial charge is 0.339 e. The first-order valence-electron chi connectivity index (χ1n) is 7.51. The molecule has 0 aliphatic heterocycles. The van der Waals surface area contributed by atoms with Crippen molar-refractivity contribution in [1.29, 1.82) is 0 Å². The number of carbonyl (C=O) groups excluding carboxylic acids is 1. The van der Waals surface area contributed by atoms with Crippen LogP contribution < -0.4 is 16.0 Å². The lowest BCUT2D eigenvalue weighted by Crippen LogP contribution is -2.56. The molecule has 148 valence electrons. The molecule has 0 fully saturated rings. The van der Waals surface area contributed by atoms with Crippen LogP contribution in [-0.4, -0.2) is 25.9 Å². The number of benzene rings is 2. The van der Waals surface area contributed by atoms with Crippen molar-refractivity contribution in [3.63, 3.8) is 0 Å². The SMILES string of the molecule is O=C(NC(NC(=S)Nc1cccc([N+](=O)[O-])c1)C(Cl)(Cl)Cl)c1ccc(F)cc1. The summed E-state index contributed by atoms with van der Waals surface area (Å²) in [5.41, 5.74) is 0.315. The first kappa shape index (κ1) is 22.1. The minimum atomic E-state index is -2.00. The zero-order chi connectivity index (χ0) is 20.9. The molecule has 0 aliphatic carbocycles. The van der Waals surface area contributed by atoms with E-state index in [0.29, 0.717) is 5.69 Å². The number of nitrogens with one attached hydrogen (secondary N) is 3. The molecule has 1 unspecified atom stereocenters. The fraction of sp³-hybridized carbons (Fsp3) is 0.125. The summed E-state index contributed by atoms with van der Waals surface area (Å²) in [6.45, 7) is 0. The molecule has 0 aliphatic rings. The highest BCUT2D eigenvalue weighted by molar-refractivity contribution is 7.80. The van der Waals surface area contributed by atoms with Crippen LogP contribution in [0, 0.1) is 15.9 Å². The Balaban J connectivity index is 2.08. The number of nitrogens with zero attached hydrogens (tertiary/aromatic N) is 1. The number of hydrogen-bond acceptors (Lipinski definition) is 4.